The fraction of sp³-hybridized carbons (Fsp3) is 0.273. The number of nitrogens with two attached hydrogens (primary N) is 1. The highest BCUT2D eigenvalue weighted by molar-refractivity contribution is 5.89. The monoisotopic (exact) mass is 192 g/mol. The van der Waals surface area contributed by atoms with Crippen LogP contribution in [0.2, 0.25) is 0 Å². The van der Waals surface area contributed by atoms with Crippen molar-refractivity contribution >= 4 is 5.97 Å². The van der Waals surface area contributed by atoms with Crippen LogP contribution in [-0.4, -0.2) is 19.1 Å². The van der Waals surface area contributed by atoms with Crippen molar-refractivity contribution in [2.75, 3.05) is 13.2 Å². The van der Waals surface area contributed by atoms with E-state index in [1.54, 1.807) is 24.3 Å². The number of hydrogen-bond donors (Lipinski definition) is 1. The summed E-state index contributed by atoms with van der Waals surface area (Å²) >= 11 is 0. The van der Waals surface area contributed by atoms with Gasteiger partial charge in [0.25, 0.3) is 0 Å². The van der Waals surface area contributed by atoms with Crippen molar-refractivity contribution in [1.82, 2.24) is 0 Å². The van der Waals surface area contributed by atoms with Gasteiger partial charge in [-0.3, -0.25) is 0 Å². The molecule has 0 bridgehead atoms. The predicted molar refractivity (Wildman–Crippen MR) is 54.9 cm³/mol. The summed E-state index contributed by atoms with van der Waals surface area (Å²) in [6.07, 6.45) is 0.694. The minimum atomic E-state index is -0.307. The Labute approximate surface area is 83.9 Å². The maximum atomic E-state index is 11.3. The fourth-order valence-corrected chi connectivity index (χ4v) is 0.972. The smallest absolute Gasteiger partial charge is 0.338 e. The molecule has 3 heteroatoms. The number of esters is 1. The van der Waals surface area contributed by atoms with Crippen LogP contribution < -0.4 is 5.73 Å². The van der Waals surface area contributed by atoms with Gasteiger partial charge in [0.1, 0.15) is 0 Å². The van der Waals surface area contributed by atoms with Crippen molar-refractivity contribution in [2.45, 2.75) is 6.42 Å². The third-order valence-electron chi connectivity index (χ3n) is 1.77. The third kappa shape index (κ3) is 3.18. The minimum absolute atomic E-state index is 0.307. The Hall–Kier alpha value is -1.35. The average molecular weight is 192 g/mol. The lowest BCUT2D eigenvalue weighted by atomic mass is 10.1. The Morgan fingerprint density at radius 2 is 2.00 bits per heavy atom. The summed E-state index contributed by atoms with van der Waals surface area (Å²) in [5.74, 6) is -0.307. The van der Waals surface area contributed by atoms with E-state index in [-0.39, 0.29) is 5.97 Å². The molecule has 2 N–H and O–H groups in total. The molecule has 0 aromatic heterocycles. The Bertz CT molecular complexity index is 293. The SMILES string of the molecule is [CH2]c1ccc(C(=O)OCCCN)cc1. The third-order valence-corrected chi connectivity index (χ3v) is 1.77. The molecule has 1 rings (SSSR count). The molecule has 0 unspecified atom stereocenters. The van der Waals surface area contributed by atoms with Crippen LogP contribution in [0.25, 0.3) is 0 Å². The van der Waals surface area contributed by atoms with Crippen molar-refractivity contribution in [1.29, 1.82) is 0 Å². The van der Waals surface area contributed by atoms with Gasteiger partial charge in [0.15, 0.2) is 0 Å². The maximum Gasteiger partial charge on any atom is 0.338 e. The zero-order valence-electron chi connectivity index (χ0n) is 8.03. The molecule has 0 saturated carbocycles. The van der Waals surface area contributed by atoms with Gasteiger partial charge in [-0.15, -0.1) is 0 Å². The van der Waals surface area contributed by atoms with Crippen LogP contribution in [0.4, 0.5) is 0 Å². The van der Waals surface area contributed by atoms with Crippen LogP contribution >= 0.6 is 0 Å². The van der Waals surface area contributed by atoms with Crippen LogP contribution in [0, 0.1) is 6.92 Å². The minimum Gasteiger partial charge on any atom is -0.462 e. The highest BCUT2D eigenvalue weighted by atomic mass is 16.5. The second kappa shape index (κ2) is 5.40. The Kier molecular flexibility index (Phi) is 4.13. The first-order chi connectivity index (χ1) is 6.74. The summed E-state index contributed by atoms with van der Waals surface area (Å²) in [6.45, 7) is 4.64. The second-order valence-corrected chi connectivity index (χ2v) is 2.98. The van der Waals surface area contributed by atoms with Gasteiger partial charge in [-0.1, -0.05) is 12.1 Å². The van der Waals surface area contributed by atoms with Crippen LogP contribution in [-0.2, 0) is 4.74 Å². The Morgan fingerprint density at radius 3 is 2.57 bits per heavy atom. The molecular formula is C11H14NO2. The normalized spacial score (nSPS) is 9.86. The van der Waals surface area contributed by atoms with Crippen LogP contribution in [0.1, 0.15) is 22.3 Å². The molecule has 0 fully saturated rings. The molecule has 1 radical (unpaired) electrons. The molecule has 1 aromatic carbocycles. The van der Waals surface area contributed by atoms with Crippen LogP contribution in [0.5, 0.6) is 0 Å². The zero-order valence-corrected chi connectivity index (χ0v) is 8.03. The standard InChI is InChI=1S/C11H14NO2/c1-9-3-5-10(6-4-9)11(13)14-8-2-7-12/h3-6H,1-2,7-8,12H2. The van der Waals surface area contributed by atoms with Gasteiger partial charge in [-0.2, -0.15) is 0 Å². The average Bonchev–Trinajstić information content (AvgIpc) is 2.19. The van der Waals surface area contributed by atoms with E-state index in [0.29, 0.717) is 25.1 Å². The number of carbonyl (C=O) groups is 1. The second-order valence-electron chi connectivity index (χ2n) is 2.98. The molecule has 0 saturated heterocycles. The van der Waals surface area contributed by atoms with E-state index in [2.05, 4.69) is 6.92 Å². The van der Waals surface area contributed by atoms with Gasteiger partial charge in [0, 0.05) is 0 Å². The van der Waals surface area contributed by atoms with Crippen LogP contribution in [0.15, 0.2) is 24.3 Å². The van der Waals surface area contributed by atoms with Crippen molar-refractivity contribution in [2.24, 2.45) is 5.73 Å². The van der Waals surface area contributed by atoms with E-state index in [4.69, 9.17) is 10.5 Å². The lowest BCUT2D eigenvalue weighted by Gasteiger charge is -2.03. The van der Waals surface area contributed by atoms with E-state index in [0.717, 1.165) is 5.56 Å². The maximum absolute atomic E-state index is 11.3. The number of benzene rings is 1. The largest absolute Gasteiger partial charge is 0.462 e. The summed E-state index contributed by atoms with van der Waals surface area (Å²) in [6, 6.07) is 6.96. The molecule has 75 valence electrons. The van der Waals surface area contributed by atoms with Gasteiger partial charge < -0.3 is 10.5 Å². The first kappa shape index (κ1) is 10.7. The molecule has 0 heterocycles. The number of ether oxygens (including phenoxy) is 1. The Morgan fingerprint density at radius 1 is 1.36 bits per heavy atom. The molecule has 3 nitrogen and oxygen atoms in total. The van der Waals surface area contributed by atoms with Gasteiger partial charge in [-0.05, 0) is 37.6 Å². The van der Waals surface area contributed by atoms with E-state index >= 15 is 0 Å². The predicted octanol–water partition coefficient (Wildman–Crippen LogP) is 1.37. The first-order valence-corrected chi connectivity index (χ1v) is 4.53. The zero-order chi connectivity index (χ0) is 10.4. The molecule has 0 aliphatic rings. The van der Waals surface area contributed by atoms with Gasteiger partial charge in [0.2, 0.25) is 0 Å². The van der Waals surface area contributed by atoms with Crippen molar-refractivity contribution in [3.05, 3.63) is 42.3 Å². The highest BCUT2D eigenvalue weighted by Gasteiger charge is 2.04. The molecule has 0 amide bonds. The van der Waals surface area contributed by atoms with Crippen molar-refractivity contribution < 1.29 is 9.53 Å². The first-order valence-electron chi connectivity index (χ1n) is 4.53. The van der Waals surface area contributed by atoms with E-state index in [1.165, 1.54) is 0 Å². The number of rotatable bonds is 4. The topological polar surface area (TPSA) is 52.3 Å². The quantitative estimate of drug-likeness (QED) is 0.579. The van der Waals surface area contributed by atoms with E-state index in [1.807, 2.05) is 0 Å². The van der Waals surface area contributed by atoms with E-state index in [9.17, 15) is 4.79 Å². The molecule has 14 heavy (non-hydrogen) atoms. The molecule has 0 aliphatic carbocycles. The molecule has 0 spiro atoms. The fourth-order valence-electron chi connectivity index (χ4n) is 0.972. The molecule has 0 aliphatic heterocycles. The summed E-state index contributed by atoms with van der Waals surface area (Å²) in [5, 5.41) is 0. The molecule has 1 aromatic rings. The summed E-state index contributed by atoms with van der Waals surface area (Å²) in [5.41, 5.74) is 6.70. The highest BCUT2D eigenvalue weighted by Crippen LogP contribution is 2.04. The van der Waals surface area contributed by atoms with Gasteiger partial charge in [0.05, 0.1) is 12.2 Å². The number of hydrogen-bond acceptors (Lipinski definition) is 3. The van der Waals surface area contributed by atoms with E-state index < -0.39 is 0 Å². The summed E-state index contributed by atoms with van der Waals surface area (Å²) < 4.78 is 4.97. The van der Waals surface area contributed by atoms with Crippen molar-refractivity contribution in [3.63, 3.8) is 0 Å². The molecule has 0 atom stereocenters. The lowest BCUT2D eigenvalue weighted by Crippen LogP contribution is -2.09. The summed E-state index contributed by atoms with van der Waals surface area (Å²) in [4.78, 5) is 11.3. The lowest BCUT2D eigenvalue weighted by molar-refractivity contribution is 0.0503. The number of carbonyl (C=O) groups excluding carboxylic acids is 1. The summed E-state index contributed by atoms with van der Waals surface area (Å²) in [7, 11) is 0. The van der Waals surface area contributed by atoms with Crippen LogP contribution in [0.3, 0.4) is 0 Å². The molecular weight excluding hydrogens is 178 g/mol. The van der Waals surface area contributed by atoms with Gasteiger partial charge >= 0.3 is 5.97 Å². The van der Waals surface area contributed by atoms with Crippen molar-refractivity contribution in [3.8, 4) is 0 Å². The van der Waals surface area contributed by atoms with Gasteiger partial charge in [-0.25, -0.2) is 4.79 Å². The Balaban J connectivity index is 2.48.